The number of aromatic nitrogens is 2. The van der Waals surface area contributed by atoms with Crippen LogP contribution in [0, 0.1) is 12.7 Å². The molecule has 1 amide bonds. The lowest BCUT2D eigenvalue weighted by molar-refractivity contribution is -0.116. The predicted molar refractivity (Wildman–Crippen MR) is 97.5 cm³/mol. The van der Waals surface area contributed by atoms with Gasteiger partial charge < -0.3 is 5.32 Å². The molecule has 0 spiro atoms. The molecule has 2 heterocycles. The second-order valence-corrected chi connectivity index (χ2v) is 7.08. The Labute approximate surface area is 152 Å². The zero-order valence-corrected chi connectivity index (χ0v) is 15.0. The fraction of sp³-hybridized carbons (Fsp3) is 0.158. The van der Waals surface area contributed by atoms with Crippen molar-refractivity contribution in [2.45, 2.75) is 19.3 Å². The van der Waals surface area contributed by atoms with Crippen LogP contribution in [0.3, 0.4) is 0 Å². The number of nitrogens with one attached hydrogen (secondary N) is 1. The molecule has 0 fully saturated rings. The number of hydrogen-bond acceptors (Lipinski definition) is 2. The Morgan fingerprint density at radius 1 is 1.20 bits per heavy atom. The van der Waals surface area contributed by atoms with Crippen molar-refractivity contribution in [3.8, 4) is 5.69 Å². The summed E-state index contributed by atoms with van der Waals surface area (Å²) in [4.78, 5) is 12.3. The topological polar surface area (TPSA) is 46.9 Å². The van der Waals surface area contributed by atoms with E-state index in [4.69, 9.17) is 0 Å². The smallest absolute Gasteiger partial charge is 0.226 e. The molecule has 3 aromatic rings. The highest BCUT2D eigenvalue weighted by atomic mass is 79.9. The van der Waals surface area contributed by atoms with Gasteiger partial charge in [-0.25, -0.2) is 9.07 Å². The zero-order valence-electron chi connectivity index (χ0n) is 13.5. The number of carbonyl (C=O) groups is 1. The summed E-state index contributed by atoms with van der Waals surface area (Å²) in [6.07, 6.45) is 1.90. The predicted octanol–water partition coefficient (Wildman–Crippen LogP) is 4.56. The summed E-state index contributed by atoms with van der Waals surface area (Å²) < 4.78 is 16.8. The second-order valence-electron chi connectivity index (χ2n) is 6.17. The summed E-state index contributed by atoms with van der Waals surface area (Å²) in [6, 6.07) is 12.6. The molecule has 25 heavy (non-hydrogen) atoms. The minimum Gasteiger partial charge on any atom is -0.310 e. The minimum absolute atomic E-state index is 0.147. The van der Waals surface area contributed by atoms with E-state index in [0.717, 1.165) is 21.3 Å². The maximum atomic E-state index is 14.4. The third kappa shape index (κ3) is 2.87. The normalized spacial score (nSPS) is 16.4. The van der Waals surface area contributed by atoms with Crippen molar-refractivity contribution in [1.29, 1.82) is 0 Å². The average molecular weight is 400 g/mol. The van der Waals surface area contributed by atoms with Crippen LogP contribution in [0.1, 0.15) is 29.0 Å². The number of amides is 1. The molecule has 126 valence electrons. The van der Waals surface area contributed by atoms with E-state index in [-0.39, 0.29) is 24.1 Å². The van der Waals surface area contributed by atoms with Crippen molar-refractivity contribution in [2.24, 2.45) is 0 Å². The van der Waals surface area contributed by atoms with Crippen LogP contribution in [0.2, 0.25) is 0 Å². The standard InChI is InChI=1S/C19H15BrFN3O/c1-11-2-5-13(6-3-11)24-19-16(10-22-24)14(9-18(25)23-19)15-8-12(20)4-7-17(15)21/h2-8,10,14H,9H2,1H3,(H,23,25)/t14-/m1/s1. The van der Waals surface area contributed by atoms with Crippen LogP contribution in [0.5, 0.6) is 0 Å². The lowest BCUT2D eigenvalue weighted by atomic mass is 9.87. The number of fused-ring (bicyclic) bond motifs is 1. The molecule has 0 saturated carbocycles. The number of anilines is 1. The number of rotatable bonds is 2. The summed E-state index contributed by atoms with van der Waals surface area (Å²) in [7, 11) is 0. The Hall–Kier alpha value is -2.47. The van der Waals surface area contributed by atoms with Crippen molar-refractivity contribution < 1.29 is 9.18 Å². The van der Waals surface area contributed by atoms with Crippen molar-refractivity contribution in [1.82, 2.24) is 9.78 Å². The van der Waals surface area contributed by atoms with Gasteiger partial charge in [0.25, 0.3) is 0 Å². The molecule has 4 nitrogen and oxygen atoms in total. The van der Waals surface area contributed by atoms with Gasteiger partial charge in [-0.3, -0.25) is 4.79 Å². The number of hydrogen-bond donors (Lipinski definition) is 1. The molecule has 6 heteroatoms. The van der Waals surface area contributed by atoms with Gasteiger partial charge in [-0.2, -0.15) is 5.10 Å². The molecule has 1 aromatic heterocycles. The molecule has 1 atom stereocenters. The van der Waals surface area contributed by atoms with Crippen LogP contribution in [-0.4, -0.2) is 15.7 Å². The first-order chi connectivity index (χ1) is 12.0. The molecule has 1 aliphatic rings. The van der Waals surface area contributed by atoms with E-state index in [1.807, 2.05) is 31.2 Å². The Morgan fingerprint density at radius 3 is 2.72 bits per heavy atom. The van der Waals surface area contributed by atoms with Gasteiger partial charge in [0, 0.05) is 22.4 Å². The van der Waals surface area contributed by atoms with Crippen LogP contribution in [0.4, 0.5) is 10.2 Å². The van der Waals surface area contributed by atoms with Crippen LogP contribution in [-0.2, 0) is 4.79 Å². The third-order valence-corrected chi connectivity index (χ3v) is 4.93. The van der Waals surface area contributed by atoms with Gasteiger partial charge in [0.2, 0.25) is 5.91 Å². The molecule has 1 N–H and O–H groups in total. The highest BCUT2D eigenvalue weighted by Crippen LogP contribution is 2.39. The highest BCUT2D eigenvalue weighted by Gasteiger charge is 2.32. The van der Waals surface area contributed by atoms with E-state index in [1.54, 1.807) is 23.0 Å². The lowest BCUT2D eigenvalue weighted by Gasteiger charge is -2.24. The molecule has 0 bridgehead atoms. The Bertz CT molecular complexity index is 965. The Kier molecular flexibility index (Phi) is 3.92. The molecule has 0 saturated heterocycles. The summed E-state index contributed by atoms with van der Waals surface area (Å²) >= 11 is 3.38. The van der Waals surface area contributed by atoms with Gasteiger partial charge >= 0.3 is 0 Å². The van der Waals surface area contributed by atoms with Gasteiger partial charge in [0.1, 0.15) is 11.6 Å². The SMILES string of the molecule is Cc1ccc(-n2ncc3c2NC(=O)C[C@@H]3c2cc(Br)ccc2F)cc1. The van der Waals surface area contributed by atoms with Gasteiger partial charge in [0.15, 0.2) is 0 Å². The van der Waals surface area contributed by atoms with E-state index >= 15 is 0 Å². The summed E-state index contributed by atoms with van der Waals surface area (Å²) in [5.41, 5.74) is 3.30. The lowest BCUT2D eigenvalue weighted by Crippen LogP contribution is -2.25. The molecule has 4 rings (SSSR count). The van der Waals surface area contributed by atoms with E-state index in [9.17, 15) is 9.18 Å². The minimum atomic E-state index is -0.361. The summed E-state index contributed by atoms with van der Waals surface area (Å²) in [6.45, 7) is 2.01. The highest BCUT2D eigenvalue weighted by molar-refractivity contribution is 9.10. The molecule has 0 unspecified atom stereocenters. The Balaban J connectivity index is 1.84. The maximum absolute atomic E-state index is 14.4. The maximum Gasteiger partial charge on any atom is 0.226 e. The molecule has 0 aliphatic carbocycles. The second kappa shape index (κ2) is 6.11. The quantitative estimate of drug-likeness (QED) is 0.686. The average Bonchev–Trinajstić information content (AvgIpc) is 3.01. The molecular formula is C19H15BrFN3O. The zero-order chi connectivity index (χ0) is 17.6. The molecule has 2 aromatic carbocycles. The first kappa shape index (κ1) is 16.0. The van der Waals surface area contributed by atoms with E-state index in [2.05, 4.69) is 26.3 Å². The van der Waals surface area contributed by atoms with E-state index < -0.39 is 0 Å². The number of carbonyl (C=O) groups excluding carboxylic acids is 1. The van der Waals surface area contributed by atoms with Crippen LogP contribution < -0.4 is 5.32 Å². The fourth-order valence-electron chi connectivity index (χ4n) is 3.16. The number of halogens is 2. The monoisotopic (exact) mass is 399 g/mol. The van der Waals surface area contributed by atoms with Crippen molar-refractivity contribution in [3.63, 3.8) is 0 Å². The first-order valence-electron chi connectivity index (χ1n) is 7.92. The largest absolute Gasteiger partial charge is 0.310 e. The molecule has 1 aliphatic heterocycles. The van der Waals surface area contributed by atoms with Crippen LogP contribution in [0.25, 0.3) is 5.69 Å². The van der Waals surface area contributed by atoms with E-state index in [1.165, 1.54) is 6.07 Å². The molecular weight excluding hydrogens is 385 g/mol. The van der Waals surface area contributed by atoms with Gasteiger partial charge in [0.05, 0.1) is 11.9 Å². The van der Waals surface area contributed by atoms with Crippen molar-refractivity contribution >= 4 is 27.7 Å². The van der Waals surface area contributed by atoms with Crippen molar-refractivity contribution in [3.05, 3.63) is 75.6 Å². The summed E-state index contributed by atoms with van der Waals surface area (Å²) in [5, 5.41) is 7.31. The first-order valence-corrected chi connectivity index (χ1v) is 8.72. The molecule has 0 radical (unpaired) electrons. The number of benzene rings is 2. The van der Waals surface area contributed by atoms with E-state index in [0.29, 0.717) is 11.4 Å². The van der Waals surface area contributed by atoms with Gasteiger partial charge in [-0.15, -0.1) is 0 Å². The third-order valence-electron chi connectivity index (χ3n) is 4.43. The van der Waals surface area contributed by atoms with Crippen LogP contribution >= 0.6 is 15.9 Å². The summed E-state index contributed by atoms with van der Waals surface area (Å²) in [5.74, 6) is -0.229. The van der Waals surface area contributed by atoms with Gasteiger partial charge in [-0.1, -0.05) is 33.6 Å². The fourth-order valence-corrected chi connectivity index (χ4v) is 3.54. The number of nitrogens with zero attached hydrogens (tertiary/aromatic N) is 2. The number of aryl methyl sites for hydroxylation is 1. The Morgan fingerprint density at radius 2 is 1.96 bits per heavy atom. The van der Waals surface area contributed by atoms with Crippen molar-refractivity contribution in [2.75, 3.05) is 5.32 Å². The van der Waals surface area contributed by atoms with Gasteiger partial charge in [-0.05, 0) is 42.8 Å². The van der Waals surface area contributed by atoms with Crippen LogP contribution in [0.15, 0.2) is 53.1 Å².